The Morgan fingerprint density at radius 1 is 1.50 bits per heavy atom. The number of carbonyl (C=O) groups is 1. The van der Waals surface area contributed by atoms with Crippen LogP contribution < -0.4 is 11.1 Å². The van der Waals surface area contributed by atoms with Crippen molar-refractivity contribution in [1.29, 1.82) is 0 Å². The molecular weight excluding hydrogens is 258 g/mol. The molecule has 0 aliphatic heterocycles. The summed E-state index contributed by atoms with van der Waals surface area (Å²) in [5.74, 6) is 1.34. The largest absolute Gasteiger partial charge is 0.444 e. The Balaban J connectivity index is 1.67. The molecule has 2 heterocycles. The summed E-state index contributed by atoms with van der Waals surface area (Å²) in [6.45, 7) is 3.91. The summed E-state index contributed by atoms with van der Waals surface area (Å²) in [7, 11) is 0. The van der Waals surface area contributed by atoms with Crippen molar-refractivity contribution in [2.24, 2.45) is 0 Å². The lowest BCUT2D eigenvalue weighted by molar-refractivity contribution is 0.0943. The Kier molecular flexibility index (Phi) is 2.96. The van der Waals surface area contributed by atoms with E-state index in [1.54, 1.807) is 0 Å². The van der Waals surface area contributed by atoms with Gasteiger partial charge in [0.15, 0.2) is 5.69 Å². The number of nitrogens with one attached hydrogen (secondary N) is 2. The standard InChI is InChI=1S/C13H17N5O2/c1-6-7(2)20-9(16-6)5-15-13(19)12-10(14)11(17-18-12)8-3-4-8/h8H,3-5,14H2,1-2H3,(H,15,19)(H,17,18). The number of oxazole rings is 1. The molecule has 106 valence electrons. The number of carbonyl (C=O) groups excluding carboxylic acids is 1. The minimum atomic E-state index is -0.320. The third-order valence-electron chi connectivity index (χ3n) is 3.51. The minimum Gasteiger partial charge on any atom is -0.444 e. The van der Waals surface area contributed by atoms with Gasteiger partial charge < -0.3 is 15.5 Å². The lowest BCUT2D eigenvalue weighted by atomic mass is 10.2. The smallest absolute Gasteiger partial charge is 0.274 e. The van der Waals surface area contributed by atoms with Crippen LogP contribution in [0, 0.1) is 13.8 Å². The number of nitrogens with two attached hydrogens (primary N) is 1. The summed E-state index contributed by atoms with van der Waals surface area (Å²) in [5, 5.41) is 9.56. The fourth-order valence-electron chi connectivity index (χ4n) is 2.07. The zero-order chi connectivity index (χ0) is 14.3. The summed E-state index contributed by atoms with van der Waals surface area (Å²) in [6, 6.07) is 0. The zero-order valence-electron chi connectivity index (χ0n) is 11.5. The van der Waals surface area contributed by atoms with Gasteiger partial charge in [0.2, 0.25) is 5.89 Å². The van der Waals surface area contributed by atoms with Crippen molar-refractivity contribution >= 4 is 11.6 Å². The van der Waals surface area contributed by atoms with Crippen molar-refractivity contribution in [1.82, 2.24) is 20.5 Å². The molecule has 4 N–H and O–H groups in total. The number of nitrogens with zero attached hydrogens (tertiary/aromatic N) is 2. The average molecular weight is 275 g/mol. The average Bonchev–Trinajstić information content (AvgIpc) is 3.11. The number of hydrogen-bond acceptors (Lipinski definition) is 5. The van der Waals surface area contributed by atoms with Gasteiger partial charge in [0.1, 0.15) is 5.76 Å². The fraction of sp³-hybridized carbons (Fsp3) is 0.462. The van der Waals surface area contributed by atoms with Crippen LogP contribution in [0.15, 0.2) is 4.42 Å². The van der Waals surface area contributed by atoms with Crippen molar-refractivity contribution in [3.63, 3.8) is 0 Å². The predicted octanol–water partition coefficient (Wildman–Crippen LogP) is 1.40. The summed E-state index contributed by atoms with van der Waals surface area (Å²) >= 11 is 0. The summed E-state index contributed by atoms with van der Waals surface area (Å²) in [6.07, 6.45) is 2.20. The van der Waals surface area contributed by atoms with E-state index in [2.05, 4.69) is 20.5 Å². The maximum atomic E-state index is 12.0. The van der Waals surface area contributed by atoms with Gasteiger partial charge in [0.05, 0.1) is 23.6 Å². The summed E-state index contributed by atoms with van der Waals surface area (Å²) in [4.78, 5) is 16.2. The third-order valence-corrected chi connectivity index (χ3v) is 3.51. The number of H-pyrrole nitrogens is 1. The quantitative estimate of drug-likeness (QED) is 0.781. The van der Waals surface area contributed by atoms with Gasteiger partial charge in [0.25, 0.3) is 5.91 Å². The lowest BCUT2D eigenvalue weighted by Gasteiger charge is -2.01. The molecule has 0 atom stereocenters. The highest BCUT2D eigenvalue weighted by atomic mass is 16.4. The van der Waals surface area contributed by atoms with Crippen LogP contribution in [0.3, 0.4) is 0 Å². The topological polar surface area (TPSA) is 110 Å². The number of anilines is 1. The Labute approximate surface area is 115 Å². The zero-order valence-corrected chi connectivity index (χ0v) is 11.5. The van der Waals surface area contributed by atoms with Crippen LogP contribution in [0.25, 0.3) is 0 Å². The van der Waals surface area contributed by atoms with Crippen LogP contribution in [-0.2, 0) is 6.54 Å². The Hall–Kier alpha value is -2.31. The van der Waals surface area contributed by atoms with Crippen LogP contribution in [0.5, 0.6) is 0 Å². The Bertz CT molecular complexity index is 634. The maximum absolute atomic E-state index is 12.0. The van der Waals surface area contributed by atoms with Crippen LogP contribution in [0.2, 0.25) is 0 Å². The molecule has 3 rings (SSSR count). The highest BCUT2D eigenvalue weighted by Crippen LogP contribution is 2.42. The molecule has 0 radical (unpaired) electrons. The van der Waals surface area contributed by atoms with Crippen molar-refractivity contribution in [2.45, 2.75) is 39.2 Å². The number of hydrogen-bond donors (Lipinski definition) is 3. The molecule has 0 aromatic carbocycles. The van der Waals surface area contributed by atoms with Gasteiger partial charge in [-0.15, -0.1) is 0 Å². The maximum Gasteiger partial charge on any atom is 0.274 e. The SMILES string of the molecule is Cc1nc(CNC(=O)c2n[nH]c(C3CC3)c2N)oc1C. The highest BCUT2D eigenvalue weighted by molar-refractivity contribution is 5.97. The van der Waals surface area contributed by atoms with Crippen LogP contribution in [0.4, 0.5) is 5.69 Å². The predicted molar refractivity (Wildman–Crippen MR) is 72.1 cm³/mol. The molecule has 1 fully saturated rings. The van der Waals surface area contributed by atoms with Gasteiger partial charge in [-0.05, 0) is 26.7 Å². The lowest BCUT2D eigenvalue weighted by Crippen LogP contribution is -2.24. The molecular formula is C13H17N5O2. The van der Waals surface area contributed by atoms with Crippen LogP contribution >= 0.6 is 0 Å². The molecule has 1 amide bonds. The first-order chi connectivity index (χ1) is 9.56. The summed E-state index contributed by atoms with van der Waals surface area (Å²) in [5.41, 5.74) is 8.34. The van der Waals surface area contributed by atoms with E-state index in [-0.39, 0.29) is 18.1 Å². The second-order valence-electron chi connectivity index (χ2n) is 5.11. The second kappa shape index (κ2) is 4.66. The summed E-state index contributed by atoms with van der Waals surface area (Å²) < 4.78 is 5.40. The van der Waals surface area contributed by atoms with Gasteiger partial charge in [0, 0.05) is 5.92 Å². The molecule has 7 nitrogen and oxygen atoms in total. The molecule has 1 aliphatic carbocycles. The molecule has 0 bridgehead atoms. The number of aromatic amines is 1. The Morgan fingerprint density at radius 2 is 2.25 bits per heavy atom. The first-order valence-corrected chi connectivity index (χ1v) is 6.61. The van der Waals surface area contributed by atoms with Crippen LogP contribution in [0.1, 0.15) is 52.3 Å². The molecule has 0 unspecified atom stereocenters. The molecule has 2 aromatic rings. The van der Waals surface area contributed by atoms with E-state index in [1.807, 2.05) is 13.8 Å². The minimum absolute atomic E-state index is 0.221. The molecule has 0 saturated heterocycles. The van der Waals surface area contributed by atoms with Crippen molar-refractivity contribution in [2.75, 3.05) is 5.73 Å². The molecule has 0 spiro atoms. The fourth-order valence-corrected chi connectivity index (χ4v) is 2.07. The molecule has 1 aliphatic rings. The van der Waals surface area contributed by atoms with E-state index >= 15 is 0 Å². The molecule has 20 heavy (non-hydrogen) atoms. The van der Waals surface area contributed by atoms with E-state index in [1.165, 1.54) is 0 Å². The van der Waals surface area contributed by atoms with E-state index < -0.39 is 0 Å². The number of amides is 1. The molecule has 2 aromatic heterocycles. The third kappa shape index (κ3) is 2.26. The first-order valence-electron chi connectivity index (χ1n) is 6.61. The number of rotatable bonds is 4. The monoisotopic (exact) mass is 275 g/mol. The first kappa shape index (κ1) is 12.7. The molecule has 1 saturated carbocycles. The van der Waals surface area contributed by atoms with E-state index in [0.29, 0.717) is 17.5 Å². The number of aromatic nitrogens is 3. The van der Waals surface area contributed by atoms with Gasteiger partial charge in [-0.2, -0.15) is 5.10 Å². The van der Waals surface area contributed by atoms with Gasteiger partial charge in [-0.25, -0.2) is 4.98 Å². The number of aryl methyl sites for hydroxylation is 2. The second-order valence-corrected chi connectivity index (χ2v) is 5.11. The van der Waals surface area contributed by atoms with E-state index in [4.69, 9.17) is 10.2 Å². The van der Waals surface area contributed by atoms with E-state index in [9.17, 15) is 4.79 Å². The normalized spacial score (nSPS) is 14.5. The van der Waals surface area contributed by atoms with Crippen molar-refractivity contribution in [3.05, 3.63) is 28.7 Å². The molecule has 7 heteroatoms. The highest BCUT2D eigenvalue weighted by Gasteiger charge is 2.30. The van der Waals surface area contributed by atoms with E-state index in [0.717, 1.165) is 30.0 Å². The van der Waals surface area contributed by atoms with Crippen LogP contribution in [-0.4, -0.2) is 21.1 Å². The number of nitrogen functional groups attached to an aromatic ring is 1. The van der Waals surface area contributed by atoms with Gasteiger partial charge in [-0.1, -0.05) is 0 Å². The van der Waals surface area contributed by atoms with Crippen molar-refractivity contribution in [3.8, 4) is 0 Å². The van der Waals surface area contributed by atoms with Gasteiger partial charge in [-0.3, -0.25) is 9.89 Å². The van der Waals surface area contributed by atoms with Crippen molar-refractivity contribution < 1.29 is 9.21 Å². The van der Waals surface area contributed by atoms with Gasteiger partial charge >= 0.3 is 0 Å². The Morgan fingerprint density at radius 3 is 2.85 bits per heavy atom.